The van der Waals surface area contributed by atoms with Crippen molar-refractivity contribution in [3.8, 4) is 0 Å². The molecule has 0 bridgehead atoms. The standard InChI is InChI=1S/C15H15N5O2/c1-18(15(22)12-6-7-14(21)19(2)17-12)10-11-9-16-13-5-3-4-8-20(11)13/h3-9H,10H2,1-2H3. The Morgan fingerprint density at radius 3 is 2.86 bits per heavy atom. The molecule has 0 aliphatic heterocycles. The van der Waals surface area contributed by atoms with Gasteiger partial charge in [-0.2, -0.15) is 5.10 Å². The maximum Gasteiger partial charge on any atom is 0.274 e. The number of nitrogens with zero attached hydrogens (tertiary/aromatic N) is 5. The van der Waals surface area contributed by atoms with Crippen LogP contribution in [-0.2, 0) is 13.6 Å². The van der Waals surface area contributed by atoms with Gasteiger partial charge in [0.2, 0.25) is 0 Å². The molecule has 3 aromatic rings. The van der Waals surface area contributed by atoms with Gasteiger partial charge in [-0.3, -0.25) is 9.59 Å². The van der Waals surface area contributed by atoms with E-state index in [9.17, 15) is 9.59 Å². The molecule has 0 unspecified atom stereocenters. The summed E-state index contributed by atoms with van der Waals surface area (Å²) < 4.78 is 3.08. The van der Waals surface area contributed by atoms with Gasteiger partial charge in [0.25, 0.3) is 11.5 Å². The number of fused-ring (bicyclic) bond motifs is 1. The smallest absolute Gasteiger partial charge is 0.274 e. The number of hydrogen-bond donors (Lipinski definition) is 0. The molecule has 0 aliphatic carbocycles. The van der Waals surface area contributed by atoms with E-state index in [-0.39, 0.29) is 17.2 Å². The monoisotopic (exact) mass is 297 g/mol. The molecular weight excluding hydrogens is 282 g/mol. The largest absolute Gasteiger partial charge is 0.334 e. The third kappa shape index (κ3) is 2.48. The quantitative estimate of drug-likeness (QED) is 0.713. The third-order valence-electron chi connectivity index (χ3n) is 3.42. The van der Waals surface area contributed by atoms with Crippen LogP contribution in [0.25, 0.3) is 5.65 Å². The molecule has 0 N–H and O–H groups in total. The number of carbonyl (C=O) groups excluding carboxylic acids is 1. The van der Waals surface area contributed by atoms with Crippen molar-refractivity contribution in [3.63, 3.8) is 0 Å². The van der Waals surface area contributed by atoms with Gasteiger partial charge in [0.05, 0.1) is 18.4 Å². The minimum absolute atomic E-state index is 0.235. The molecule has 0 saturated heterocycles. The summed E-state index contributed by atoms with van der Waals surface area (Å²) in [6.45, 7) is 0.397. The second kappa shape index (κ2) is 5.44. The molecule has 0 atom stereocenters. The molecule has 7 heteroatoms. The Morgan fingerprint density at radius 2 is 2.09 bits per heavy atom. The summed E-state index contributed by atoms with van der Waals surface area (Å²) in [5, 5.41) is 3.98. The molecule has 1 amide bonds. The van der Waals surface area contributed by atoms with Crippen molar-refractivity contribution in [1.82, 2.24) is 24.1 Å². The van der Waals surface area contributed by atoms with Gasteiger partial charge in [-0.15, -0.1) is 0 Å². The highest BCUT2D eigenvalue weighted by Gasteiger charge is 2.16. The molecule has 3 rings (SSSR count). The highest BCUT2D eigenvalue weighted by molar-refractivity contribution is 5.91. The first-order valence-electron chi connectivity index (χ1n) is 6.77. The van der Waals surface area contributed by atoms with E-state index in [0.29, 0.717) is 6.54 Å². The number of aryl methyl sites for hydroxylation is 1. The number of imidazole rings is 1. The van der Waals surface area contributed by atoms with Crippen LogP contribution in [0.2, 0.25) is 0 Å². The number of carbonyl (C=O) groups is 1. The highest BCUT2D eigenvalue weighted by atomic mass is 16.2. The molecule has 7 nitrogen and oxygen atoms in total. The summed E-state index contributed by atoms with van der Waals surface area (Å²) in [7, 11) is 3.21. The average Bonchev–Trinajstić information content (AvgIpc) is 2.92. The second-order valence-corrected chi connectivity index (χ2v) is 5.02. The van der Waals surface area contributed by atoms with E-state index in [0.717, 1.165) is 16.0 Å². The van der Waals surface area contributed by atoms with Gasteiger partial charge in [0.1, 0.15) is 11.3 Å². The lowest BCUT2D eigenvalue weighted by molar-refractivity contribution is 0.0774. The maximum atomic E-state index is 12.4. The fourth-order valence-corrected chi connectivity index (χ4v) is 2.23. The Kier molecular flexibility index (Phi) is 3.46. The first-order valence-corrected chi connectivity index (χ1v) is 6.77. The van der Waals surface area contributed by atoms with Crippen LogP contribution in [0.3, 0.4) is 0 Å². The van der Waals surface area contributed by atoms with Gasteiger partial charge < -0.3 is 9.30 Å². The van der Waals surface area contributed by atoms with E-state index < -0.39 is 0 Å². The van der Waals surface area contributed by atoms with Crippen LogP contribution in [0.5, 0.6) is 0 Å². The summed E-state index contributed by atoms with van der Waals surface area (Å²) in [5.74, 6) is -0.249. The lowest BCUT2D eigenvalue weighted by atomic mass is 10.3. The molecule has 0 aromatic carbocycles. The molecule has 0 radical (unpaired) electrons. The van der Waals surface area contributed by atoms with E-state index in [4.69, 9.17) is 0 Å². The predicted molar refractivity (Wildman–Crippen MR) is 80.5 cm³/mol. The van der Waals surface area contributed by atoms with Gasteiger partial charge in [-0.1, -0.05) is 6.07 Å². The van der Waals surface area contributed by atoms with E-state index in [1.807, 2.05) is 28.8 Å². The Labute approximate surface area is 126 Å². The first kappa shape index (κ1) is 14.0. The molecule has 0 spiro atoms. The zero-order chi connectivity index (χ0) is 15.7. The number of rotatable bonds is 3. The number of aromatic nitrogens is 4. The van der Waals surface area contributed by atoms with Crippen molar-refractivity contribution in [2.45, 2.75) is 6.54 Å². The van der Waals surface area contributed by atoms with Crippen molar-refractivity contribution in [2.75, 3.05) is 7.05 Å². The van der Waals surface area contributed by atoms with Crippen LogP contribution in [-0.4, -0.2) is 37.0 Å². The van der Waals surface area contributed by atoms with Crippen LogP contribution < -0.4 is 5.56 Å². The van der Waals surface area contributed by atoms with Gasteiger partial charge in [-0.25, -0.2) is 9.67 Å². The molecule has 0 saturated carbocycles. The van der Waals surface area contributed by atoms with Crippen molar-refractivity contribution in [1.29, 1.82) is 0 Å². The number of hydrogen-bond acceptors (Lipinski definition) is 4. The number of amides is 1. The third-order valence-corrected chi connectivity index (χ3v) is 3.42. The SMILES string of the molecule is CN(Cc1cnc2ccccn12)C(=O)c1ccc(=O)n(C)n1. The number of pyridine rings is 1. The van der Waals surface area contributed by atoms with Gasteiger partial charge >= 0.3 is 0 Å². The summed E-state index contributed by atoms with van der Waals surface area (Å²) in [4.78, 5) is 29.6. The van der Waals surface area contributed by atoms with E-state index in [1.54, 1.807) is 18.1 Å². The van der Waals surface area contributed by atoms with Crippen LogP contribution in [0.1, 0.15) is 16.2 Å². The Bertz CT molecular complexity index is 896. The summed E-state index contributed by atoms with van der Waals surface area (Å²) in [6, 6.07) is 8.50. The first-order chi connectivity index (χ1) is 10.6. The maximum absolute atomic E-state index is 12.4. The molecule has 3 aromatic heterocycles. The van der Waals surface area contributed by atoms with Gasteiger partial charge in [0, 0.05) is 26.4 Å². The Morgan fingerprint density at radius 1 is 1.27 bits per heavy atom. The van der Waals surface area contributed by atoms with Crippen molar-refractivity contribution in [2.24, 2.45) is 7.05 Å². The van der Waals surface area contributed by atoms with Crippen LogP contribution in [0.4, 0.5) is 0 Å². The van der Waals surface area contributed by atoms with Crippen molar-refractivity contribution in [3.05, 3.63) is 64.5 Å². The van der Waals surface area contributed by atoms with Gasteiger partial charge in [0.15, 0.2) is 0 Å². The predicted octanol–water partition coefficient (Wildman–Crippen LogP) is 0.700. The normalized spacial score (nSPS) is 10.8. The summed E-state index contributed by atoms with van der Waals surface area (Å²) >= 11 is 0. The fraction of sp³-hybridized carbons (Fsp3) is 0.200. The van der Waals surface area contributed by atoms with Crippen LogP contribution >= 0.6 is 0 Å². The molecule has 3 heterocycles. The van der Waals surface area contributed by atoms with Crippen LogP contribution in [0.15, 0.2) is 47.5 Å². The van der Waals surface area contributed by atoms with E-state index in [1.165, 1.54) is 19.2 Å². The minimum atomic E-state index is -0.249. The van der Waals surface area contributed by atoms with Crippen molar-refractivity contribution < 1.29 is 4.79 Å². The average molecular weight is 297 g/mol. The zero-order valence-corrected chi connectivity index (χ0v) is 12.3. The van der Waals surface area contributed by atoms with E-state index in [2.05, 4.69) is 10.1 Å². The zero-order valence-electron chi connectivity index (χ0n) is 12.3. The van der Waals surface area contributed by atoms with Crippen LogP contribution in [0, 0.1) is 0 Å². The lowest BCUT2D eigenvalue weighted by Gasteiger charge is -2.16. The summed E-state index contributed by atoms with van der Waals surface area (Å²) in [6.07, 6.45) is 3.65. The molecule has 0 aliphatic rings. The molecule has 112 valence electrons. The Hall–Kier alpha value is -2.96. The van der Waals surface area contributed by atoms with Gasteiger partial charge in [-0.05, 0) is 18.2 Å². The lowest BCUT2D eigenvalue weighted by Crippen LogP contribution is -2.30. The molecular formula is C15H15N5O2. The molecule has 22 heavy (non-hydrogen) atoms. The van der Waals surface area contributed by atoms with Crippen molar-refractivity contribution >= 4 is 11.6 Å². The highest BCUT2D eigenvalue weighted by Crippen LogP contribution is 2.09. The van der Waals surface area contributed by atoms with E-state index >= 15 is 0 Å². The second-order valence-electron chi connectivity index (χ2n) is 5.02. The summed E-state index contributed by atoms with van der Waals surface area (Å²) in [5.41, 5.74) is 1.72. The topological polar surface area (TPSA) is 72.5 Å². The Balaban J connectivity index is 1.84. The minimum Gasteiger partial charge on any atom is -0.334 e. The fourth-order valence-electron chi connectivity index (χ4n) is 2.23. The molecule has 0 fully saturated rings.